The maximum Gasteiger partial charge on any atom is 0.430 e. The van der Waals surface area contributed by atoms with Crippen molar-refractivity contribution in [3.63, 3.8) is 0 Å². The zero-order valence-electron chi connectivity index (χ0n) is 28.5. The summed E-state index contributed by atoms with van der Waals surface area (Å²) in [5.41, 5.74) is 3.93. The molecular formula is C37H41F6N3O5S. The standard InChI is InChI=1S/C35H40F3N3O3S.C2HF3O2/c1-25(24-41(2)19-7-4-8-20-41)27-17-18-31-28(21-27)13-9-16-32(31)39-34(42)23-33(26-11-5-3-6-12-26)40-45(43,44)30-15-10-14-29(22-30)35(36,37)38;3-2(4,5)1(6)7/h3,5-6,10-12,14-15,17-18,21-22,32-33,40H,1,4,7-9,13,16,19-20,23-24H2,2H3;(H,6,7)/t32-,33-;/m1./s1. The molecule has 1 fully saturated rings. The van der Waals surface area contributed by atoms with Crippen molar-refractivity contribution in [2.24, 2.45) is 0 Å². The molecular weight excluding hydrogens is 712 g/mol. The molecule has 282 valence electrons. The lowest BCUT2D eigenvalue weighted by molar-refractivity contribution is -0.906. The Balaban J connectivity index is 0.000000785. The molecule has 5 rings (SSSR count). The second-order valence-corrected chi connectivity index (χ2v) is 15.1. The highest BCUT2D eigenvalue weighted by atomic mass is 32.2. The molecule has 0 radical (unpaired) electrons. The molecule has 0 bridgehead atoms. The van der Waals surface area contributed by atoms with Gasteiger partial charge in [0.2, 0.25) is 15.9 Å². The van der Waals surface area contributed by atoms with Crippen molar-refractivity contribution in [3.05, 3.63) is 107 Å². The Bertz CT molecular complexity index is 1840. The Morgan fingerprint density at radius 3 is 2.19 bits per heavy atom. The third kappa shape index (κ3) is 11.1. The Morgan fingerprint density at radius 2 is 1.58 bits per heavy atom. The van der Waals surface area contributed by atoms with E-state index >= 15 is 0 Å². The first-order valence-electron chi connectivity index (χ1n) is 16.7. The predicted molar refractivity (Wildman–Crippen MR) is 181 cm³/mol. The van der Waals surface area contributed by atoms with Crippen LogP contribution in [0.5, 0.6) is 0 Å². The number of hydrogen-bond donors (Lipinski definition) is 2. The molecule has 1 saturated heterocycles. The topological polar surface area (TPSA) is 115 Å². The van der Waals surface area contributed by atoms with Crippen LogP contribution >= 0.6 is 0 Å². The first-order chi connectivity index (χ1) is 24.3. The highest BCUT2D eigenvalue weighted by Crippen LogP contribution is 2.34. The van der Waals surface area contributed by atoms with E-state index in [4.69, 9.17) is 9.90 Å². The average molecular weight is 754 g/mol. The van der Waals surface area contributed by atoms with Crippen LogP contribution in [0.25, 0.3) is 5.57 Å². The van der Waals surface area contributed by atoms with Gasteiger partial charge in [-0.25, -0.2) is 13.1 Å². The molecule has 0 saturated carbocycles. The van der Waals surface area contributed by atoms with Gasteiger partial charge in [0.05, 0.1) is 42.7 Å². The fraction of sp³-hybridized carbons (Fsp3) is 0.405. The van der Waals surface area contributed by atoms with E-state index in [0.29, 0.717) is 11.6 Å². The lowest BCUT2D eigenvalue weighted by Crippen LogP contribution is -2.48. The number of alkyl halides is 6. The van der Waals surface area contributed by atoms with E-state index in [9.17, 15) is 39.6 Å². The summed E-state index contributed by atoms with van der Waals surface area (Å²) in [6.07, 6.45) is -3.79. The molecule has 0 spiro atoms. The summed E-state index contributed by atoms with van der Waals surface area (Å²) in [4.78, 5) is 21.7. The Kier molecular flexibility index (Phi) is 13.0. The average Bonchev–Trinajstić information content (AvgIpc) is 3.08. The number of quaternary nitrogens is 1. The number of carboxylic acids is 1. The van der Waals surface area contributed by atoms with Crippen molar-refractivity contribution < 1.29 is 53.9 Å². The van der Waals surface area contributed by atoms with Crippen molar-refractivity contribution in [2.45, 2.75) is 74.3 Å². The number of carbonyl (C=O) groups is 2. The molecule has 1 heterocycles. The van der Waals surface area contributed by atoms with Crippen LogP contribution < -0.4 is 15.1 Å². The van der Waals surface area contributed by atoms with Gasteiger partial charge in [0.15, 0.2) is 0 Å². The van der Waals surface area contributed by atoms with E-state index in [1.54, 1.807) is 30.3 Å². The summed E-state index contributed by atoms with van der Waals surface area (Å²) in [6, 6.07) is 17.3. The molecule has 2 atom stereocenters. The van der Waals surface area contributed by atoms with Crippen LogP contribution in [0, 0.1) is 0 Å². The summed E-state index contributed by atoms with van der Waals surface area (Å²) in [6.45, 7) is 7.66. The molecule has 1 amide bonds. The number of carbonyl (C=O) groups excluding carboxylic acids is 2. The highest BCUT2D eigenvalue weighted by molar-refractivity contribution is 7.89. The maximum atomic E-state index is 13.4. The molecule has 3 aromatic carbocycles. The first kappa shape index (κ1) is 40.6. The molecule has 2 N–H and O–H groups in total. The van der Waals surface area contributed by atoms with Gasteiger partial charge in [0.1, 0.15) is 12.5 Å². The third-order valence-electron chi connectivity index (χ3n) is 9.26. The molecule has 0 unspecified atom stereocenters. The Hall–Kier alpha value is -4.21. The zero-order chi connectivity index (χ0) is 38.3. The number of likely N-dealkylation sites (tertiary alicyclic amines) is 1. The van der Waals surface area contributed by atoms with E-state index in [1.807, 2.05) is 0 Å². The van der Waals surface area contributed by atoms with E-state index in [-0.39, 0.29) is 18.4 Å². The maximum absolute atomic E-state index is 13.4. The number of amides is 1. The number of benzene rings is 3. The van der Waals surface area contributed by atoms with Gasteiger partial charge in [-0.2, -0.15) is 26.3 Å². The number of aliphatic carboxylic acids is 1. The minimum Gasteiger partial charge on any atom is -0.542 e. The van der Waals surface area contributed by atoms with E-state index < -0.39 is 44.8 Å². The first-order valence-corrected chi connectivity index (χ1v) is 18.2. The molecule has 2 aliphatic rings. The number of halogens is 6. The van der Waals surface area contributed by atoms with Crippen LogP contribution in [-0.4, -0.2) is 57.6 Å². The van der Waals surface area contributed by atoms with Crippen molar-refractivity contribution in [2.75, 3.05) is 26.7 Å². The minimum absolute atomic E-state index is 0.223. The number of hydrogen-bond acceptors (Lipinski definition) is 5. The van der Waals surface area contributed by atoms with Crippen LogP contribution in [0.2, 0.25) is 0 Å². The largest absolute Gasteiger partial charge is 0.542 e. The van der Waals surface area contributed by atoms with Crippen LogP contribution in [0.1, 0.15) is 78.4 Å². The molecule has 15 heteroatoms. The number of sulfonamides is 1. The Labute approximate surface area is 299 Å². The monoisotopic (exact) mass is 753 g/mol. The molecule has 8 nitrogen and oxygen atoms in total. The number of rotatable bonds is 10. The normalized spacial score (nSPS) is 17.9. The van der Waals surface area contributed by atoms with Crippen LogP contribution in [0.3, 0.4) is 0 Å². The van der Waals surface area contributed by atoms with Crippen molar-refractivity contribution in [1.82, 2.24) is 10.0 Å². The molecule has 1 aliphatic heterocycles. The van der Waals surface area contributed by atoms with Gasteiger partial charge < -0.3 is 19.7 Å². The second-order valence-electron chi connectivity index (χ2n) is 13.4. The van der Waals surface area contributed by atoms with Gasteiger partial charge >= 0.3 is 12.4 Å². The number of aryl methyl sites for hydroxylation is 1. The number of nitrogens with one attached hydrogen (secondary N) is 2. The van der Waals surface area contributed by atoms with E-state index in [2.05, 4.69) is 41.9 Å². The van der Waals surface area contributed by atoms with Crippen molar-refractivity contribution in [3.8, 4) is 0 Å². The summed E-state index contributed by atoms with van der Waals surface area (Å²) in [7, 11) is -2.08. The molecule has 3 aromatic rings. The fourth-order valence-electron chi connectivity index (χ4n) is 6.62. The lowest BCUT2D eigenvalue weighted by atomic mass is 9.85. The number of fused-ring (bicyclic) bond motifs is 1. The van der Waals surface area contributed by atoms with E-state index in [1.165, 1.54) is 24.8 Å². The fourth-order valence-corrected chi connectivity index (χ4v) is 7.89. The van der Waals surface area contributed by atoms with Gasteiger partial charge in [0, 0.05) is 12.0 Å². The zero-order valence-corrected chi connectivity index (χ0v) is 29.3. The number of carboxylic acid groups (broad SMARTS) is 1. The summed E-state index contributed by atoms with van der Waals surface area (Å²) < 4.78 is 101. The third-order valence-corrected chi connectivity index (χ3v) is 10.7. The number of likely N-dealkylation sites (N-methyl/N-ethyl adjacent to an activating group) is 1. The van der Waals surface area contributed by atoms with Gasteiger partial charge in [-0.1, -0.05) is 61.2 Å². The summed E-state index contributed by atoms with van der Waals surface area (Å²) in [5.74, 6) is -3.36. The van der Waals surface area contributed by atoms with Gasteiger partial charge in [-0.3, -0.25) is 4.79 Å². The van der Waals surface area contributed by atoms with Gasteiger partial charge in [-0.05, 0) is 79.0 Å². The van der Waals surface area contributed by atoms with Crippen LogP contribution in [-0.2, 0) is 32.2 Å². The molecule has 52 heavy (non-hydrogen) atoms. The summed E-state index contributed by atoms with van der Waals surface area (Å²) >= 11 is 0. The Morgan fingerprint density at radius 1 is 0.923 bits per heavy atom. The van der Waals surface area contributed by atoms with Crippen LogP contribution in [0.15, 0.2) is 84.3 Å². The summed E-state index contributed by atoms with van der Waals surface area (Å²) in [5, 5.41) is 11.9. The smallest absolute Gasteiger partial charge is 0.430 e. The van der Waals surface area contributed by atoms with Gasteiger partial charge in [-0.15, -0.1) is 0 Å². The SMILES string of the molecule is C=C(C[N+]1(C)CCCCC1)c1ccc2c(c1)CCC[C@H]2NC(=O)C[C@@H](NS(=O)(=O)c1cccc(C(F)(F)F)c1)c1ccccc1.O=C([O-])C(F)(F)F. The van der Waals surface area contributed by atoms with Crippen molar-refractivity contribution in [1.29, 1.82) is 0 Å². The quantitative estimate of drug-likeness (QED) is 0.188. The highest BCUT2D eigenvalue weighted by Gasteiger charge is 2.33. The van der Waals surface area contributed by atoms with Gasteiger partial charge in [0.25, 0.3) is 0 Å². The number of piperidine rings is 1. The predicted octanol–water partition coefficient (Wildman–Crippen LogP) is 6.25. The minimum atomic E-state index is -5.19. The second kappa shape index (κ2) is 16.6. The molecule has 0 aromatic heterocycles. The van der Waals surface area contributed by atoms with E-state index in [0.717, 1.165) is 78.3 Å². The van der Waals surface area contributed by atoms with Crippen molar-refractivity contribution >= 4 is 27.5 Å². The lowest BCUT2D eigenvalue weighted by Gasteiger charge is -2.38. The molecule has 1 aliphatic carbocycles. The number of nitrogens with zero attached hydrogens (tertiary/aromatic N) is 1. The van der Waals surface area contributed by atoms with Crippen LogP contribution in [0.4, 0.5) is 26.3 Å².